The number of rotatable bonds is 3. The van der Waals surface area contributed by atoms with Crippen LogP contribution in [0.3, 0.4) is 0 Å². The molecule has 0 aliphatic carbocycles. The van der Waals surface area contributed by atoms with Gasteiger partial charge in [0.25, 0.3) is 0 Å². The van der Waals surface area contributed by atoms with Gasteiger partial charge in [0.05, 0.1) is 5.69 Å². The maximum Gasteiger partial charge on any atom is 0.139 e. The minimum Gasteiger partial charge on any atom is -0.457 e. The molecule has 0 heterocycles. The number of ether oxygens (including phenoxy) is 1. The molecule has 2 aromatic carbocycles. The van der Waals surface area contributed by atoms with E-state index in [-0.39, 0.29) is 0 Å². The lowest BCUT2D eigenvalue weighted by molar-refractivity contribution is 0.480. The Kier molecular flexibility index (Phi) is 3.28. The van der Waals surface area contributed by atoms with Crippen molar-refractivity contribution in [2.24, 2.45) is 5.11 Å². The van der Waals surface area contributed by atoms with E-state index in [0.717, 1.165) is 11.3 Å². The van der Waals surface area contributed by atoms with Crippen molar-refractivity contribution in [3.63, 3.8) is 0 Å². The molecule has 4 nitrogen and oxygen atoms in total. The molecule has 0 atom stereocenters. The lowest BCUT2D eigenvalue weighted by Crippen LogP contribution is -1.87. The first-order valence-electron chi connectivity index (χ1n) is 5.19. The summed E-state index contributed by atoms with van der Waals surface area (Å²) in [5.41, 5.74) is 9.93. The first-order chi connectivity index (χ1) is 8.31. The third-order valence-corrected chi connectivity index (χ3v) is 2.31. The molecule has 0 unspecified atom stereocenters. The Balaban J connectivity index is 2.41. The molecule has 17 heavy (non-hydrogen) atoms. The molecule has 0 N–H and O–H groups in total. The third-order valence-electron chi connectivity index (χ3n) is 2.31. The number of hydrogen-bond donors (Lipinski definition) is 0. The van der Waals surface area contributed by atoms with Crippen LogP contribution in [0.4, 0.5) is 5.69 Å². The fourth-order valence-corrected chi connectivity index (χ4v) is 1.50. The highest BCUT2D eigenvalue weighted by molar-refractivity contribution is 5.57. The quantitative estimate of drug-likeness (QED) is 0.423. The van der Waals surface area contributed by atoms with E-state index in [2.05, 4.69) is 10.0 Å². The summed E-state index contributed by atoms with van der Waals surface area (Å²) < 4.78 is 5.73. The predicted molar refractivity (Wildman–Crippen MR) is 66.5 cm³/mol. The Morgan fingerprint density at radius 3 is 2.53 bits per heavy atom. The fraction of sp³-hybridized carbons (Fsp3) is 0.0769. The van der Waals surface area contributed by atoms with Gasteiger partial charge in [0.2, 0.25) is 0 Å². The summed E-state index contributed by atoms with van der Waals surface area (Å²) in [6, 6.07) is 14.9. The standard InChI is InChI=1S/C13H11N3O/c1-10-6-5-9-12(15-16-14)13(10)17-11-7-3-2-4-8-11/h2-9H,1H3. The molecule has 0 amide bonds. The van der Waals surface area contributed by atoms with Gasteiger partial charge in [0, 0.05) is 4.91 Å². The zero-order chi connectivity index (χ0) is 12.1. The van der Waals surface area contributed by atoms with Crippen LogP contribution in [0.25, 0.3) is 10.4 Å². The predicted octanol–water partition coefficient (Wildman–Crippen LogP) is 4.73. The van der Waals surface area contributed by atoms with Crippen molar-refractivity contribution in [3.8, 4) is 11.5 Å². The van der Waals surface area contributed by atoms with E-state index in [1.807, 2.05) is 49.4 Å². The minimum atomic E-state index is 0.497. The lowest BCUT2D eigenvalue weighted by atomic mass is 10.2. The largest absolute Gasteiger partial charge is 0.457 e. The molecule has 0 aromatic heterocycles. The van der Waals surface area contributed by atoms with E-state index in [9.17, 15) is 0 Å². The van der Waals surface area contributed by atoms with Gasteiger partial charge < -0.3 is 4.74 Å². The molecule has 0 radical (unpaired) electrons. The van der Waals surface area contributed by atoms with Crippen molar-refractivity contribution in [1.82, 2.24) is 0 Å². The Labute approximate surface area is 99.1 Å². The van der Waals surface area contributed by atoms with Crippen molar-refractivity contribution >= 4 is 5.69 Å². The molecule has 0 bridgehead atoms. The summed E-state index contributed by atoms with van der Waals surface area (Å²) >= 11 is 0. The number of azide groups is 1. The van der Waals surface area contributed by atoms with Gasteiger partial charge in [-0.05, 0) is 36.2 Å². The zero-order valence-electron chi connectivity index (χ0n) is 9.37. The normalized spacial score (nSPS) is 9.47. The first kappa shape index (κ1) is 11.0. The summed E-state index contributed by atoms with van der Waals surface area (Å²) in [5, 5.41) is 3.62. The van der Waals surface area contributed by atoms with E-state index >= 15 is 0 Å². The van der Waals surface area contributed by atoms with Crippen molar-refractivity contribution in [2.75, 3.05) is 0 Å². The lowest BCUT2D eigenvalue weighted by Gasteiger charge is -2.10. The van der Waals surface area contributed by atoms with Crippen LogP contribution in [0.15, 0.2) is 53.6 Å². The van der Waals surface area contributed by atoms with Gasteiger partial charge >= 0.3 is 0 Å². The van der Waals surface area contributed by atoms with Gasteiger partial charge in [-0.1, -0.05) is 35.4 Å². The van der Waals surface area contributed by atoms with E-state index in [4.69, 9.17) is 10.3 Å². The van der Waals surface area contributed by atoms with Crippen LogP contribution in [0, 0.1) is 6.92 Å². The first-order valence-corrected chi connectivity index (χ1v) is 5.19. The van der Waals surface area contributed by atoms with E-state index < -0.39 is 0 Å². The Hall–Kier alpha value is -2.45. The summed E-state index contributed by atoms with van der Waals surface area (Å²) in [5.74, 6) is 1.31. The number of aryl methyl sites for hydroxylation is 1. The summed E-state index contributed by atoms with van der Waals surface area (Å²) in [7, 11) is 0. The molecule has 4 heteroatoms. The average molecular weight is 225 g/mol. The van der Waals surface area contributed by atoms with E-state index in [1.165, 1.54) is 0 Å². The van der Waals surface area contributed by atoms with Crippen molar-refractivity contribution < 1.29 is 4.74 Å². The molecule has 0 fully saturated rings. The van der Waals surface area contributed by atoms with Crippen molar-refractivity contribution in [3.05, 3.63) is 64.5 Å². The van der Waals surface area contributed by atoms with Crippen LogP contribution in [-0.4, -0.2) is 0 Å². The second-order valence-electron chi connectivity index (χ2n) is 3.53. The highest BCUT2D eigenvalue weighted by Gasteiger charge is 2.06. The van der Waals surface area contributed by atoms with Gasteiger partial charge in [0.1, 0.15) is 11.5 Å². The van der Waals surface area contributed by atoms with Gasteiger partial charge in [-0.15, -0.1) is 0 Å². The maximum absolute atomic E-state index is 8.50. The Morgan fingerprint density at radius 2 is 1.82 bits per heavy atom. The second kappa shape index (κ2) is 5.05. The fourth-order valence-electron chi connectivity index (χ4n) is 1.50. The summed E-state index contributed by atoms with van der Waals surface area (Å²) in [4.78, 5) is 2.79. The molecule has 0 spiro atoms. The summed E-state index contributed by atoms with van der Waals surface area (Å²) in [6.45, 7) is 1.91. The number of nitrogens with zero attached hydrogens (tertiary/aromatic N) is 3. The van der Waals surface area contributed by atoms with Gasteiger partial charge in [-0.2, -0.15) is 0 Å². The van der Waals surface area contributed by atoms with Crippen molar-refractivity contribution in [1.29, 1.82) is 0 Å². The van der Waals surface area contributed by atoms with Crippen LogP contribution in [0.2, 0.25) is 0 Å². The molecule has 0 aliphatic heterocycles. The Morgan fingerprint density at radius 1 is 1.06 bits per heavy atom. The molecule has 0 saturated carbocycles. The zero-order valence-corrected chi connectivity index (χ0v) is 9.37. The van der Waals surface area contributed by atoms with Crippen LogP contribution in [-0.2, 0) is 0 Å². The smallest absolute Gasteiger partial charge is 0.139 e. The van der Waals surface area contributed by atoms with Gasteiger partial charge in [0.15, 0.2) is 0 Å². The highest BCUT2D eigenvalue weighted by atomic mass is 16.5. The average Bonchev–Trinajstić information content (AvgIpc) is 2.35. The number of para-hydroxylation sites is 2. The second-order valence-corrected chi connectivity index (χ2v) is 3.53. The summed E-state index contributed by atoms with van der Waals surface area (Å²) in [6.07, 6.45) is 0. The molecule has 2 aromatic rings. The van der Waals surface area contributed by atoms with Crippen LogP contribution in [0.1, 0.15) is 5.56 Å². The van der Waals surface area contributed by atoms with Crippen LogP contribution >= 0.6 is 0 Å². The third kappa shape index (κ3) is 2.56. The SMILES string of the molecule is Cc1cccc(N=[N+]=[N-])c1Oc1ccccc1. The van der Waals surface area contributed by atoms with E-state index in [0.29, 0.717) is 11.4 Å². The molecular weight excluding hydrogens is 214 g/mol. The van der Waals surface area contributed by atoms with E-state index in [1.54, 1.807) is 6.07 Å². The van der Waals surface area contributed by atoms with Crippen LogP contribution < -0.4 is 4.74 Å². The molecule has 2 rings (SSSR count). The molecule has 0 aliphatic rings. The van der Waals surface area contributed by atoms with Gasteiger partial charge in [-0.25, -0.2) is 0 Å². The number of benzene rings is 2. The molecular formula is C13H11N3O. The molecule has 0 saturated heterocycles. The monoisotopic (exact) mass is 225 g/mol. The minimum absolute atomic E-state index is 0.497. The topological polar surface area (TPSA) is 58.0 Å². The van der Waals surface area contributed by atoms with Crippen molar-refractivity contribution in [2.45, 2.75) is 6.92 Å². The van der Waals surface area contributed by atoms with Crippen LogP contribution in [0.5, 0.6) is 11.5 Å². The van der Waals surface area contributed by atoms with Gasteiger partial charge in [-0.3, -0.25) is 0 Å². The number of hydrogen-bond acceptors (Lipinski definition) is 2. The Bertz CT molecular complexity index is 560. The maximum atomic E-state index is 8.50. The highest BCUT2D eigenvalue weighted by Crippen LogP contribution is 2.34. The molecule has 84 valence electrons.